The Morgan fingerprint density at radius 2 is 1.73 bits per heavy atom. The maximum absolute atomic E-state index is 13.8. The van der Waals surface area contributed by atoms with Crippen LogP contribution in [0.5, 0.6) is 0 Å². The fourth-order valence-electron chi connectivity index (χ4n) is 6.41. The van der Waals surface area contributed by atoms with Crippen LogP contribution in [-0.4, -0.2) is 76.1 Å². The zero-order chi connectivity index (χ0) is 31.1. The lowest BCUT2D eigenvalue weighted by atomic mass is 9.83. The van der Waals surface area contributed by atoms with Crippen LogP contribution in [0.25, 0.3) is 0 Å². The number of amides is 1. The highest BCUT2D eigenvalue weighted by atomic mass is 19.1. The van der Waals surface area contributed by atoms with Crippen LogP contribution in [0.1, 0.15) is 29.5 Å². The molecular weight excluding hydrogens is 563 g/mol. The lowest BCUT2D eigenvalue weighted by Crippen LogP contribution is -2.50. The first-order valence-corrected chi connectivity index (χ1v) is 15.0. The molecule has 0 spiro atoms. The van der Waals surface area contributed by atoms with Crippen LogP contribution in [0.2, 0.25) is 0 Å². The van der Waals surface area contributed by atoms with Crippen molar-refractivity contribution in [2.75, 3.05) is 39.3 Å². The van der Waals surface area contributed by atoms with Gasteiger partial charge in [-0.1, -0.05) is 48.5 Å². The molecule has 2 saturated heterocycles. The standard InChI is InChI=1S/C34H39FN4O5/c1-2-18-38(33(40)44-24-27-8-14-32(15-9-27)39(42)43)31-16-19-36(20-17-31)22-29-23-37(21-26-6-4-3-5-7-26)25-34(29,41)28-10-12-30(35)13-11-28/h2-15,29,31,41H,1,16-25H2. The molecule has 2 atom stereocenters. The van der Waals surface area contributed by atoms with Gasteiger partial charge in [0, 0.05) is 69.9 Å². The summed E-state index contributed by atoms with van der Waals surface area (Å²) in [4.78, 5) is 29.8. The summed E-state index contributed by atoms with van der Waals surface area (Å²) < 4.78 is 19.3. The van der Waals surface area contributed by atoms with Gasteiger partial charge in [-0.15, -0.1) is 6.58 Å². The fourth-order valence-corrected chi connectivity index (χ4v) is 6.41. The summed E-state index contributed by atoms with van der Waals surface area (Å²) in [5, 5.41) is 23.0. The minimum atomic E-state index is -1.12. The molecule has 0 aliphatic carbocycles. The van der Waals surface area contributed by atoms with Gasteiger partial charge in [-0.25, -0.2) is 9.18 Å². The van der Waals surface area contributed by atoms with E-state index in [0.717, 1.165) is 38.0 Å². The van der Waals surface area contributed by atoms with Crippen LogP contribution in [-0.2, 0) is 23.5 Å². The van der Waals surface area contributed by atoms with Crippen molar-refractivity contribution in [1.29, 1.82) is 0 Å². The molecule has 2 fully saturated rings. The second kappa shape index (κ2) is 14.1. The molecule has 0 aromatic heterocycles. The summed E-state index contributed by atoms with van der Waals surface area (Å²) in [5.41, 5.74) is 1.44. The van der Waals surface area contributed by atoms with Gasteiger partial charge in [0.2, 0.25) is 0 Å². The Labute approximate surface area is 257 Å². The van der Waals surface area contributed by atoms with Gasteiger partial charge < -0.3 is 19.6 Å². The van der Waals surface area contributed by atoms with Gasteiger partial charge in [-0.05, 0) is 53.8 Å². The molecule has 2 unspecified atom stereocenters. The van der Waals surface area contributed by atoms with Crippen LogP contribution < -0.4 is 0 Å². The summed E-state index contributed by atoms with van der Waals surface area (Å²) in [6.45, 7) is 8.26. The minimum absolute atomic E-state index is 0.0160. The van der Waals surface area contributed by atoms with E-state index in [1.165, 1.54) is 29.8 Å². The molecular formula is C34H39FN4O5. The number of carbonyl (C=O) groups is 1. The smallest absolute Gasteiger partial charge is 0.410 e. The van der Waals surface area contributed by atoms with Crippen molar-refractivity contribution >= 4 is 11.8 Å². The third-order valence-corrected chi connectivity index (χ3v) is 8.76. The monoisotopic (exact) mass is 602 g/mol. The number of nitro groups is 1. The van der Waals surface area contributed by atoms with Gasteiger partial charge in [0.05, 0.1) is 4.92 Å². The Hall–Kier alpha value is -4.12. The zero-order valence-electron chi connectivity index (χ0n) is 24.8. The van der Waals surface area contributed by atoms with Crippen LogP contribution in [0, 0.1) is 21.8 Å². The fraction of sp³-hybridized carbons (Fsp3) is 0.382. The number of piperidine rings is 1. The average Bonchev–Trinajstić information content (AvgIpc) is 3.34. The van der Waals surface area contributed by atoms with Crippen molar-refractivity contribution in [2.24, 2.45) is 5.92 Å². The van der Waals surface area contributed by atoms with E-state index in [0.29, 0.717) is 31.7 Å². The third-order valence-electron chi connectivity index (χ3n) is 8.76. The molecule has 0 radical (unpaired) electrons. The Balaban J connectivity index is 1.20. The first kappa shape index (κ1) is 31.3. The molecule has 9 nitrogen and oxygen atoms in total. The van der Waals surface area contributed by atoms with E-state index in [9.17, 15) is 24.4 Å². The number of non-ortho nitro benzene ring substituents is 1. The number of halogens is 1. The van der Waals surface area contributed by atoms with E-state index >= 15 is 0 Å². The van der Waals surface area contributed by atoms with Crippen molar-refractivity contribution in [3.63, 3.8) is 0 Å². The van der Waals surface area contributed by atoms with E-state index in [2.05, 4.69) is 28.5 Å². The molecule has 10 heteroatoms. The lowest BCUT2D eigenvalue weighted by molar-refractivity contribution is -0.384. The molecule has 2 aliphatic heterocycles. The van der Waals surface area contributed by atoms with Crippen molar-refractivity contribution in [2.45, 2.75) is 37.6 Å². The molecule has 0 saturated carbocycles. The topological polar surface area (TPSA) is 99.4 Å². The van der Waals surface area contributed by atoms with Gasteiger partial charge in [0.15, 0.2) is 0 Å². The van der Waals surface area contributed by atoms with Gasteiger partial charge >= 0.3 is 6.09 Å². The molecule has 3 aromatic carbocycles. The number of aliphatic hydroxyl groups is 1. The molecule has 2 heterocycles. The van der Waals surface area contributed by atoms with E-state index in [-0.39, 0.29) is 30.1 Å². The van der Waals surface area contributed by atoms with Crippen molar-refractivity contribution in [3.8, 4) is 0 Å². The van der Waals surface area contributed by atoms with Crippen LogP contribution in [0.3, 0.4) is 0 Å². The van der Waals surface area contributed by atoms with Crippen molar-refractivity contribution in [3.05, 3.63) is 124 Å². The Bertz CT molecular complexity index is 1410. The average molecular weight is 603 g/mol. The second-order valence-corrected chi connectivity index (χ2v) is 11.7. The molecule has 5 rings (SSSR count). The van der Waals surface area contributed by atoms with Crippen LogP contribution >= 0.6 is 0 Å². The Morgan fingerprint density at radius 1 is 1.05 bits per heavy atom. The Morgan fingerprint density at radius 3 is 2.36 bits per heavy atom. The number of rotatable bonds is 11. The number of hydrogen-bond acceptors (Lipinski definition) is 7. The number of β-amino-alcohol motifs (C(OH)–C–C–N with tert-alkyl or cyclic N) is 1. The summed E-state index contributed by atoms with van der Waals surface area (Å²) in [6.07, 6.45) is 2.73. The van der Waals surface area contributed by atoms with E-state index in [1.54, 1.807) is 35.2 Å². The summed E-state index contributed by atoms with van der Waals surface area (Å²) in [7, 11) is 0. The predicted molar refractivity (Wildman–Crippen MR) is 165 cm³/mol. The molecule has 44 heavy (non-hydrogen) atoms. The van der Waals surface area contributed by atoms with Crippen molar-refractivity contribution < 1.29 is 24.0 Å². The van der Waals surface area contributed by atoms with Gasteiger partial charge in [0.25, 0.3) is 5.69 Å². The quantitative estimate of drug-likeness (QED) is 0.180. The zero-order valence-corrected chi connectivity index (χ0v) is 24.8. The van der Waals surface area contributed by atoms with E-state index < -0.39 is 16.6 Å². The van der Waals surface area contributed by atoms with Crippen LogP contribution in [0.4, 0.5) is 14.9 Å². The largest absolute Gasteiger partial charge is 0.445 e. The number of ether oxygens (including phenoxy) is 1. The number of nitro benzene ring substituents is 1. The van der Waals surface area contributed by atoms with Gasteiger partial charge in [-0.3, -0.25) is 15.0 Å². The number of carbonyl (C=O) groups excluding carboxylic acids is 1. The highest BCUT2D eigenvalue weighted by Crippen LogP contribution is 2.39. The number of likely N-dealkylation sites (tertiary alicyclic amines) is 2. The minimum Gasteiger partial charge on any atom is -0.445 e. The third kappa shape index (κ3) is 7.50. The van der Waals surface area contributed by atoms with E-state index in [1.807, 2.05) is 18.2 Å². The molecule has 232 valence electrons. The highest BCUT2D eigenvalue weighted by Gasteiger charge is 2.47. The molecule has 2 aliphatic rings. The molecule has 0 bridgehead atoms. The van der Waals surface area contributed by atoms with Crippen molar-refractivity contribution in [1.82, 2.24) is 14.7 Å². The summed E-state index contributed by atoms with van der Waals surface area (Å²) in [6, 6.07) is 22.3. The van der Waals surface area contributed by atoms with Crippen LogP contribution in [0.15, 0.2) is 91.5 Å². The summed E-state index contributed by atoms with van der Waals surface area (Å²) in [5.74, 6) is -0.408. The first-order valence-electron chi connectivity index (χ1n) is 15.0. The maximum atomic E-state index is 13.8. The molecule has 1 N–H and O–H groups in total. The lowest BCUT2D eigenvalue weighted by Gasteiger charge is -2.40. The number of benzene rings is 3. The highest BCUT2D eigenvalue weighted by molar-refractivity contribution is 5.68. The first-order chi connectivity index (χ1) is 21.2. The summed E-state index contributed by atoms with van der Waals surface area (Å²) >= 11 is 0. The normalized spacial score (nSPS) is 21.2. The Kier molecular flexibility index (Phi) is 10.0. The van der Waals surface area contributed by atoms with E-state index in [4.69, 9.17) is 4.74 Å². The number of nitrogens with zero attached hydrogens (tertiary/aromatic N) is 4. The van der Waals surface area contributed by atoms with Gasteiger partial charge in [-0.2, -0.15) is 0 Å². The molecule has 1 amide bonds. The van der Waals surface area contributed by atoms with Gasteiger partial charge in [0.1, 0.15) is 18.0 Å². The molecule has 3 aromatic rings. The second-order valence-electron chi connectivity index (χ2n) is 11.7. The SMILES string of the molecule is C=CCN(C(=O)OCc1ccc([N+](=O)[O-])cc1)C1CCN(CC2CN(Cc3ccccc3)CC2(O)c2ccc(F)cc2)CC1. The maximum Gasteiger partial charge on any atom is 0.410 e. The number of hydrogen-bond donors (Lipinski definition) is 1. The predicted octanol–water partition coefficient (Wildman–Crippen LogP) is 5.34.